The third-order valence-electron chi connectivity index (χ3n) is 2.85. The number of nitrogens with one attached hydrogen (secondary N) is 1. The number of hydrogen-bond donors (Lipinski definition) is 1. The summed E-state index contributed by atoms with van der Waals surface area (Å²) in [7, 11) is 0. The van der Waals surface area contributed by atoms with Crippen LogP contribution >= 0.6 is 11.6 Å². The predicted octanol–water partition coefficient (Wildman–Crippen LogP) is 1.13. The summed E-state index contributed by atoms with van der Waals surface area (Å²) in [5.74, 6) is 0.566. The van der Waals surface area contributed by atoms with E-state index in [9.17, 15) is 9.59 Å². The minimum Gasteiger partial charge on any atom is -0.322 e. The molecule has 0 aromatic rings. The maximum absolute atomic E-state index is 11.7. The Morgan fingerprint density at radius 3 is 2.33 bits per heavy atom. The van der Waals surface area contributed by atoms with Crippen molar-refractivity contribution >= 4 is 23.5 Å². The quantitative estimate of drug-likeness (QED) is 0.783. The van der Waals surface area contributed by atoms with Crippen LogP contribution in [0.15, 0.2) is 0 Å². The van der Waals surface area contributed by atoms with Crippen LogP contribution in [-0.4, -0.2) is 60.3 Å². The van der Waals surface area contributed by atoms with E-state index < -0.39 is 0 Å². The molecule has 1 N–H and O–H groups in total. The van der Waals surface area contributed by atoms with Crippen molar-refractivity contribution in [3.8, 4) is 0 Å². The Balaban J connectivity index is 2.29. The Kier molecular flexibility index (Phi) is 6.43. The van der Waals surface area contributed by atoms with E-state index in [1.165, 1.54) is 0 Å². The first-order valence-electron chi connectivity index (χ1n) is 6.40. The average Bonchev–Trinajstić information content (AvgIpc) is 2.29. The zero-order chi connectivity index (χ0) is 13.5. The first-order valence-corrected chi connectivity index (χ1v) is 6.93. The third-order valence-corrected chi connectivity index (χ3v) is 3.04. The highest BCUT2D eigenvalue weighted by molar-refractivity contribution is 6.19. The van der Waals surface area contributed by atoms with Gasteiger partial charge in [-0.1, -0.05) is 13.8 Å². The number of carbonyl (C=O) groups excluding carboxylic acids is 2. The Hall–Kier alpha value is -0.810. The lowest BCUT2D eigenvalue weighted by Gasteiger charge is -2.35. The fourth-order valence-corrected chi connectivity index (χ4v) is 2.17. The van der Waals surface area contributed by atoms with Crippen LogP contribution < -0.4 is 5.32 Å². The number of carbonyl (C=O) groups is 2. The lowest BCUT2D eigenvalue weighted by molar-refractivity contribution is -0.119. The number of hydrogen-bond acceptors (Lipinski definition) is 3. The van der Waals surface area contributed by atoms with E-state index >= 15 is 0 Å². The van der Waals surface area contributed by atoms with Crippen molar-refractivity contribution in [2.45, 2.75) is 20.3 Å². The second-order valence-corrected chi connectivity index (χ2v) is 5.35. The van der Waals surface area contributed by atoms with Crippen molar-refractivity contribution in [3.63, 3.8) is 0 Å². The topological polar surface area (TPSA) is 52.6 Å². The SMILES string of the molecule is CC(C)CN1CCN(C(=O)NC(=O)CCCl)CC1. The number of urea groups is 1. The molecule has 1 aliphatic heterocycles. The monoisotopic (exact) mass is 275 g/mol. The van der Waals surface area contributed by atoms with Gasteiger partial charge in [0.1, 0.15) is 0 Å². The summed E-state index contributed by atoms with van der Waals surface area (Å²) in [4.78, 5) is 27.0. The summed E-state index contributed by atoms with van der Waals surface area (Å²) < 4.78 is 0. The molecule has 3 amide bonds. The van der Waals surface area contributed by atoms with Gasteiger partial charge in [-0.15, -0.1) is 11.6 Å². The van der Waals surface area contributed by atoms with Gasteiger partial charge in [0, 0.05) is 45.0 Å². The highest BCUT2D eigenvalue weighted by Crippen LogP contribution is 2.05. The highest BCUT2D eigenvalue weighted by atomic mass is 35.5. The van der Waals surface area contributed by atoms with Gasteiger partial charge in [-0.05, 0) is 5.92 Å². The van der Waals surface area contributed by atoms with Crippen molar-refractivity contribution in [2.75, 3.05) is 38.6 Å². The van der Waals surface area contributed by atoms with E-state index in [2.05, 4.69) is 24.1 Å². The van der Waals surface area contributed by atoms with Crippen LogP contribution in [0.3, 0.4) is 0 Å². The van der Waals surface area contributed by atoms with Crippen molar-refractivity contribution in [2.24, 2.45) is 5.92 Å². The first kappa shape index (κ1) is 15.2. The van der Waals surface area contributed by atoms with Crippen LogP contribution in [-0.2, 0) is 4.79 Å². The maximum Gasteiger partial charge on any atom is 0.324 e. The number of piperazine rings is 1. The molecule has 0 atom stereocenters. The van der Waals surface area contributed by atoms with Crippen molar-refractivity contribution in [1.29, 1.82) is 0 Å². The second-order valence-electron chi connectivity index (χ2n) is 4.97. The van der Waals surface area contributed by atoms with Gasteiger partial charge in [0.25, 0.3) is 0 Å². The van der Waals surface area contributed by atoms with Crippen LogP contribution in [0.25, 0.3) is 0 Å². The summed E-state index contributed by atoms with van der Waals surface area (Å²) in [6, 6.07) is -0.297. The number of rotatable bonds is 4. The van der Waals surface area contributed by atoms with Gasteiger partial charge in [0.2, 0.25) is 5.91 Å². The van der Waals surface area contributed by atoms with Gasteiger partial charge in [0.15, 0.2) is 0 Å². The Bertz CT molecular complexity index is 289. The van der Waals surface area contributed by atoms with Gasteiger partial charge in [-0.2, -0.15) is 0 Å². The Labute approximate surface area is 113 Å². The van der Waals surface area contributed by atoms with Gasteiger partial charge in [-0.25, -0.2) is 4.79 Å². The molecule has 104 valence electrons. The van der Waals surface area contributed by atoms with Crippen molar-refractivity contribution in [3.05, 3.63) is 0 Å². The summed E-state index contributed by atoms with van der Waals surface area (Å²) in [6.45, 7) is 8.51. The van der Waals surface area contributed by atoms with E-state index in [0.29, 0.717) is 19.0 Å². The summed E-state index contributed by atoms with van der Waals surface area (Å²) in [6.07, 6.45) is 0.181. The lowest BCUT2D eigenvalue weighted by Crippen LogP contribution is -2.53. The third kappa shape index (κ3) is 5.23. The molecule has 0 aromatic carbocycles. The maximum atomic E-state index is 11.7. The number of amides is 3. The molecule has 0 spiro atoms. The van der Waals surface area contributed by atoms with Crippen molar-refractivity contribution < 1.29 is 9.59 Å². The molecular weight excluding hydrogens is 254 g/mol. The van der Waals surface area contributed by atoms with Crippen LogP contribution in [0.2, 0.25) is 0 Å². The summed E-state index contributed by atoms with van der Waals surface area (Å²) >= 11 is 5.44. The number of imide groups is 1. The van der Waals surface area contributed by atoms with Gasteiger partial charge < -0.3 is 4.90 Å². The zero-order valence-electron chi connectivity index (χ0n) is 11.1. The predicted molar refractivity (Wildman–Crippen MR) is 71.7 cm³/mol. The molecule has 1 aliphatic rings. The molecule has 0 bridgehead atoms. The molecule has 0 aromatic heterocycles. The van der Waals surface area contributed by atoms with E-state index in [4.69, 9.17) is 11.6 Å². The average molecular weight is 276 g/mol. The van der Waals surface area contributed by atoms with Crippen LogP contribution in [0.5, 0.6) is 0 Å². The molecule has 18 heavy (non-hydrogen) atoms. The van der Waals surface area contributed by atoms with Crippen LogP contribution in [0.1, 0.15) is 20.3 Å². The van der Waals surface area contributed by atoms with E-state index in [1.807, 2.05) is 0 Å². The first-order chi connectivity index (χ1) is 8.52. The number of nitrogens with zero attached hydrogens (tertiary/aromatic N) is 2. The summed E-state index contributed by atoms with van der Waals surface area (Å²) in [5.41, 5.74) is 0. The molecule has 1 rings (SSSR count). The number of halogens is 1. The fraction of sp³-hybridized carbons (Fsp3) is 0.833. The van der Waals surface area contributed by atoms with E-state index in [0.717, 1.165) is 19.6 Å². The largest absolute Gasteiger partial charge is 0.324 e. The second kappa shape index (κ2) is 7.59. The van der Waals surface area contributed by atoms with Gasteiger partial charge >= 0.3 is 6.03 Å². The molecule has 1 fully saturated rings. The van der Waals surface area contributed by atoms with Gasteiger partial charge in [0.05, 0.1) is 0 Å². The minimum absolute atomic E-state index is 0.181. The standard InChI is InChI=1S/C12H22ClN3O2/c1-10(2)9-15-5-7-16(8-6-15)12(18)14-11(17)3-4-13/h10H,3-9H2,1-2H3,(H,14,17,18). The molecule has 6 heteroatoms. The van der Waals surface area contributed by atoms with Crippen LogP contribution in [0.4, 0.5) is 4.79 Å². The van der Waals surface area contributed by atoms with Crippen LogP contribution in [0, 0.1) is 5.92 Å². The smallest absolute Gasteiger partial charge is 0.322 e. The van der Waals surface area contributed by atoms with Gasteiger partial charge in [-0.3, -0.25) is 15.0 Å². The normalized spacial score (nSPS) is 17.0. The molecule has 1 saturated heterocycles. The molecule has 0 aliphatic carbocycles. The highest BCUT2D eigenvalue weighted by Gasteiger charge is 2.22. The minimum atomic E-state index is -0.306. The molecule has 1 heterocycles. The van der Waals surface area contributed by atoms with Crippen molar-refractivity contribution in [1.82, 2.24) is 15.1 Å². The van der Waals surface area contributed by atoms with E-state index in [1.54, 1.807) is 4.90 Å². The zero-order valence-corrected chi connectivity index (χ0v) is 11.9. The number of alkyl halides is 1. The Morgan fingerprint density at radius 2 is 1.83 bits per heavy atom. The fourth-order valence-electron chi connectivity index (χ4n) is 2.00. The molecule has 5 nitrogen and oxygen atoms in total. The molecule has 0 saturated carbocycles. The summed E-state index contributed by atoms with van der Waals surface area (Å²) in [5, 5.41) is 2.35. The van der Waals surface area contributed by atoms with E-state index in [-0.39, 0.29) is 24.2 Å². The molecular formula is C12H22ClN3O2. The lowest BCUT2D eigenvalue weighted by atomic mass is 10.2. The molecule has 0 radical (unpaired) electrons. The Morgan fingerprint density at radius 1 is 1.22 bits per heavy atom. The molecule has 0 unspecified atom stereocenters.